The van der Waals surface area contributed by atoms with Gasteiger partial charge in [0, 0.05) is 12.8 Å². The van der Waals surface area contributed by atoms with Crippen LogP contribution in [0, 0.1) is 0 Å². The second-order valence-electron chi connectivity index (χ2n) is 3.50. The van der Waals surface area contributed by atoms with Gasteiger partial charge in [-0.3, -0.25) is 0 Å². The summed E-state index contributed by atoms with van der Waals surface area (Å²) >= 11 is 0. The van der Waals surface area contributed by atoms with Crippen molar-refractivity contribution in [2.24, 2.45) is 0 Å². The molecule has 1 aromatic rings. The first kappa shape index (κ1) is 8.57. The van der Waals surface area contributed by atoms with Crippen molar-refractivity contribution in [2.45, 2.75) is 18.9 Å². The highest BCUT2D eigenvalue weighted by Gasteiger charge is 2.16. The summed E-state index contributed by atoms with van der Waals surface area (Å²) in [6, 6.07) is 10.1. The third kappa shape index (κ3) is 2.46. The fraction of sp³-hybridized carbons (Fsp3) is 0.455. The number of hydrogen-bond acceptors (Lipinski definition) is 1. The molecule has 2 N–H and O–H groups in total. The van der Waals surface area contributed by atoms with Gasteiger partial charge in [0.15, 0.2) is 0 Å². The van der Waals surface area contributed by atoms with Crippen molar-refractivity contribution in [1.29, 1.82) is 0 Å². The van der Waals surface area contributed by atoms with E-state index in [0.717, 1.165) is 5.75 Å². The number of hydrogen-bond donors (Lipinski definition) is 1. The maximum atomic E-state index is 5.84. The molecule has 0 aliphatic carbocycles. The van der Waals surface area contributed by atoms with Gasteiger partial charge in [-0.1, -0.05) is 18.2 Å². The lowest BCUT2D eigenvalue weighted by atomic mass is 10.1. The van der Waals surface area contributed by atoms with Crippen LogP contribution in [0.15, 0.2) is 30.3 Å². The Kier molecular flexibility index (Phi) is 2.82. The van der Waals surface area contributed by atoms with E-state index in [1.807, 2.05) is 30.3 Å². The predicted octanol–water partition coefficient (Wildman–Crippen LogP) is 0.791. The number of nitrogens with two attached hydrogens (primary N) is 1. The van der Waals surface area contributed by atoms with E-state index in [9.17, 15) is 0 Å². The lowest BCUT2D eigenvalue weighted by molar-refractivity contribution is -0.664. The van der Waals surface area contributed by atoms with Gasteiger partial charge in [0.2, 0.25) is 0 Å². The number of rotatable bonds is 2. The van der Waals surface area contributed by atoms with E-state index >= 15 is 0 Å². The lowest BCUT2D eigenvalue weighted by Gasteiger charge is -2.21. The molecule has 2 rings (SSSR count). The minimum atomic E-state index is 0.437. The molecule has 2 nitrogen and oxygen atoms in total. The van der Waals surface area contributed by atoms with Crippen LogP contribution in [0.4, 0.5) is 0 Å². The zero-order valence-corrected chi connectivity index (χ0v) is 7.78. The summed E-state index contributed by atoms with van der Waals surface area (Å²) in [5.74, 6) is 1.01. The van der Waals surface area contributed by atoms with E-state index in [0.29, 0.717) is 6.10 Å². The van der Waals surface area contributed by atoms with Crippen molar-refractivity contribution < 1.29 is 10.1 Å². The van der Waals surface area contributed by atoms with Gasteiger partial charge in [0.05, 0.1) is 13.1 Å². The Morgan fingerprint density at radius 3 is 2.46 bits per heavy atom. The third-order valence-corrected chi connectivity index (χ3v) is 2.43. The Labute approximate surface area is 78.9 Å². The van der Waals surface area contributed by atoms with Gasteiger partial charge in [0.25, 0.3) is 0 Å². The second-order valence-corrected chi connectivity index (χ2v) is 3.50. The van der Waals surface area contributed by atoms with Crippen molar-refractivity contribution in [3.05, 3.63) is 30.3 Å². The minimum absolute atomic E-state index is 0.437. The number of quaternary nitrogens is 1. The smallest absolute Gasteiger partial charge is 0.119 e. The van der Waals surface area contributed by atoms with Gasteiger partial charge in [-0.05, 0) is 12.1 Å². The van der Waals surface area contributed by atoms with Gasteiger partial charge in [-0.25, -0.2) is 0 Å². The molecule has 0 radical (unpaired) electrons. The molecule has 1 aliphatic rings. The zero-order chi connectivity index (χ0) is 8.93. The number of piperidine rings is 1. The molecule has 0 bridgehead atoms. The van der Waals surface area contributed by atoms with Crippen LogP contribution in [0.2, 0.25) is 0 Å². The summed E-state index contributed by atoms with van der Waals surface area (Å²) < 4.78 is 5.84. The SMILES string of the molecule is c1ccc(OC2CC[NH2+]CC2)cc1. The van der Waals surface area contributed by atoms with Crippen molar-refractivity contribution in [3.8, 4) is 5.75 Å². The minimum Gasteiger partial charge on any atom is -0.490 e. The number of benzene rings is 1. The number of ether oxygens (including phenoxy) is 1. The Bertz CT molecular complexity index is 242. The fourth-order valence-electron chi connectivity index (χ4n) is 1.71. The lowest BCUT2D eigenvalue weighted by Crippen LogP contribution is -2.86. The van der Waals surface area contributed by atoms with Crippen molar-refractivity contribution in [1.82, 2.24) is 0 Å². The van der Waals surface area contributed by atoms with E-state index < -0.39 is 0 Å². The normalized spacial score (nSPS) is 18.5. The fourth-order valence-corrected chi connectivity index (χ4v) is 1.71. The molecule has 70 valence electrons. The van der Waals surface area contributed by atoms with Crippen molar-refractivity contribution >= 4 is 0 Å². The van der Waals surface area contributed by atoms with Crippen LogP contribution >= 0.6 is 0 Å². The average molecular weight is 178 g/mol. The Morgan fingerprint density at radius 1 is 1.08 bits per heavy atom. The largest absolute Gasteiger partial charge is 0.490 e. The quantitative estimate of drug-likeness (QED) is 0.712. The van der Waals surface area contributed by atoms with E-state index in [1.54, 1.807) is 0 Å². The zero-order valence-electron chi connectivity index (χ0n) is 7.78. The Balaban J connectivity index is 1.90. The van der Waals surface area contributed by atoms with Gasteiger partial charge in [-0.2, -0.15) is 0 Å². The summed E-state index contributed by atoms with van der Waals surface area (Å²) in [7, 11) is 0. The summed E-state index contributed by atoms with van der Waals surface area (Å²) in [6.07, 6.45) is 2.79. The molecule has 1 saturated heterocycles. The van der Waals surface area contributed by atoms with Crippen LogP contribution in [0.5, 0.6) is 5.75 Å². The van der Waals surface area contributed by atoms with Crippen LogP contribution in [0.25, 0.3) is 0 Å². The summed E-state index contributed by atoms with van der Waals surface area (Å²) in [5, 5.41) is 2.35. The Hall–Kier alpha value is -1.02. The van der Waals surface area contributed by atoms with E-state index in [-0.39, 0.29) is 0 Å². The van der Waals surface area contributed by atoms with E-state index in [2.05, 4.69) is 5.32 Å². The first-order valence-corrected chi connectivity index (χ1v) is 4.98. The highest BCUT2D eigenvalue weighted by atomic mass is 16.5. The second kappa shape index (κ2) is 4.28. The molecule has 1 aliphatic heterocycles. The van der Waals surface area contributed by atoms with Crippen LogP contribution in [-0.4, -0.2) is 19.2 Å². The molecule has 1 fully saturated rings. The average Bonchev–Trinajstić information content (AvgIpc) is 2.21. The first-order valence-electron chi connectivity index (χ1n) is 4.98. The van der Waals surface area contributed by atoms with Gasteiger partial charge >= 0.3 is 0 Å². The van der Waals surface area contributed by atoms with Crippen molar-refractivity contribution in [2.75, 3.05) is 13.1 Å². The molecule has 1 aromatic carbocycles. The van der Waals surface area contributed by atoms with Crippen LogP contribution in [-0.2, 0) is 0 Å². The molecule has 0 saturated carbocycles. The topological polar surface area (TPSA) is 25.8 Å². The van der Waals surface area contributed by atoms with Gasteiger partial charge in [0.1, 0.15) is 11.9 Å². The summed E-state index contributed by atoms with van der Waals surface area (Å²) in [6.45, 7) is 2.41. The molecule has 0 unspecified atom stereocenters. The third-order valence-electron chi connectivity index (χ3n) is 2.43. The molecular formula is C11H16NO+. The van der Waals surface area contributed by atoms with Crippen molar-refractivity contribution in [3.63, 3.8) is 0 Å². The standard InChI is InChI=1S/C11H15NO/c1-2-4-10(5-3-1)13-11-6-8-12-9-7-11/h1-5,11-12H,6-9H2/p+1. The molecule has 1 heterocycles. The molecule has 13 heavy (non-hydrogen) atoms. The molecular weight excluding hydrogens is 162 g/mol. The van der Waals surface area contributed by atoms with E-state index in [4.69, 9.17) is 4.74 Å². The van der Waals surface area contributed by atoms with Gasteiger partial charge in [-0.15, -0.1) is 0 Å². The highest BCUT2D eigenvalue weighted by molar-refractivity contribution is 5.21. The molecule has 0 atom stereocenters. The summed E-state index contributed by atoms with van der Waals surface area (Å²) in [5.41, 5.74) is 0. The maximum absolute atomic E-state index is 5.84. The maximum Gasteiger partial charge on any atom is 0.119 e. The molecule has 0 amide bonds. The number of para-hydroxylation sites is 1. The highest BCUT2D eigenvalue weighted by Crippen LogP contribution is 2.14. The summed E-state index contributed by atoms with van der Waals surface area (Å²) in [4.78, 5) is 0. The van der Waals surface area contributed by atoms with Crippen LogP contribution in [0.3, 0.4) is 0 Å². The first-order chi connectivity index (χ1) is 6.45. The predicted molar refractivity (Wildman–Crippen MR) is 51.8 cm³/mol. The molecule has 2 heteroatoms. The molecule has 0 spiro atoms. The van der Waals surface area contributed by atoms with E-state index in [1.165, 1.54) is 25.9 Å². The monoisotopic (exact) mass is 178 g/mol. The Morgan fingerprint density at radius 2 is 1.77 bits per heavy atom. The van der Waals surface area contributed by atoms with Gasteiger partial charge < -0.3 is 10.1 Å². The molecule has 0 aromatic heterocycles. The van der Waals surface area contributed by atoms with Crippen LogP contribution < -0.4 is 10.1 Å². The van der Waals surface area contributed by atoms with Crippen LogP contribution in [0.1, 0.15) is 12.8 Å².